The van der Waals surface area contributed by atoms with Crippen LogP contribution in [0.5, 0.6) is 0 Å². The van der Waals surface area contributed by atoms with E-state index in [4.69, 9.17) is 15.9 Å². The molecule has 0 aromatic carbocycles. The van der Waals surface area contributed by atoms with E-state index in [2.05, 4.69) is 31.2 Å². The number of aliphatic carboxylic acids is 2. The highest BCUT2D eigenvalue weighted by Gasteiger charge is 2.20. The second kappa shape index (κ2) is 18.9. The summed E-state index contributed by atoms with van der Waals surface area (Å²) in [4.78, 5) is 21.5. The van der Waals surface area contributed by atoms with Crippen molar-refractivity contribution in [3.05, 3.63) is 60.8 Å². The Hall–Kier alpha value is -2.09. The van der Waals surface area contributed by atoms with Crippen LogP contribution in [0.3, 0.4) is 0 Å². The number of carboxylic acid groups (broad SMARTS) is 2. The molecule has 0 aliphatic heterocycles. The number of nitrogens with two attached hydrogens (primary N) is 1. The van der Waals surface area contributed by atoms with Crippen molar-refractivity contribution in [2.45, 2.75) is 62.8 Å². The minimum atomic E-state index is -1.09. The Balaban J connectivity index is 4.56. The number of thioether (sulfide) groups is 1. The molecule has 6 nitrogen and oxygen atoms in total. The second-order valence-corrected chi connectivity index (χ2v) is 7.83. The van der Waals surface area contributed by atoms with Gasteiger partial charge in [0.05, 0.1) is 6.10 Å². The topological polar surface area (TPSA) is 121 Å². The van der Waals surface area contributed by atoms with Crippen molar-refractivity contribution in [3.63, 3.8) is 0 Å². The van der Waals surface area contributed by atoms with Gasteiger partial charge in [0.1, 0.15) is 6.04 Å². The first-order valence-corrected chi connectivity index (χ1v) is 11.2. The highest BCUT2D eigenvalue weighted by molar-refractivity contribution is 8.00. The summed E-state index contributed by atoms with van der Waals surface area (Å²) in [5.74, 6) is -1.84. The SMILES string of the molecule is CCC=CCC=CCC=CC=CC=CC(SCC(N)C(=O)O)C(O)CCCC(=O)O. The van der Waals surface area contributed by atoms with E-state index < -0.39 is 24.1 Å². The van der Waals surface area contributed by atoms with Crippen molar-refractivity contribution in [1.82, 2.24) is 0 Å². The van der Waals surface area contributed by atoms with E-state index in [0.29, 0.717) is 12.8 Å². The van der Waals surface area contributed by atoms with Gasteiger partial charge in [-0.05, 0) is 32.1 Å². The van der Waals surface area contributed by atoms with Crippen LogP contribution in [0.15, 0.2) is 60.8 Å². The van der Waals surface area contributed by atoms with Crippen molar-refractivity contribution < 1.29 is 24.9 Å². The van der Waals surface area contributed by atoms with Crippen LogP contribution in [0.4, 0.5) is 0 Å². The van der Waals surface area contributed by atoms with E-state index in [1.807, 2.05) is 24.3 Å². The normalized spacial score (nSPS) is 15.7. The van der Waals surface area contributed by atoms with Crippen molar-refractivity contribution >= 4 is 23.7 Å². The quantitative estimate of drug-likeness (QED) is 0.200. The number of hydrogen-bond acceptors (Lipinski definition) is 5. The van der Waals surface area contributed by atoms with E-state index in [1.165, 1.54) is 11.8 Å². The van der Waals surface area contributed by atoms with E-state index in [-0.39, 0.29) is 17.4 Å². The zero-order valence-electron chi connectivity index (χ0n) is 17.6. The maximum absolute atomic E-state index is 10.9. The molecule has 0 aliphatic rings. The van der Waals surface area contributed by atoms with Gasteiger partial charge in [-0.2, -0.15) is 0 Å². The van der Waals surface area contributed by atoms with Crippen LogP contribution in [0.25, 0.3) is 0 Å². The average Bonchev–Trinajstić information content (AvgIpc) is 2.70. The molecule has 0 saturated carbocycles. The van der Waals surface area contributed by atoms with E-state index >= 15 is 0 Å². The molecule has 0 rings (SSSR count). The molecule has 0 fully saturated rings. The van der Waals surface area contributed by atoms with Crippen molar-refractivity contribution in [2.24, 2.45) is 5.73 Å². The Kier molecular flexibility index (Phi) is 17.6. The van der Waals surface area contributed by atoms with Gasteiger partial charge in [0.15, 0.2) is 0 Å². The third-order valence-corrected chi connectivity index (χ3v) is 5.35. The van der Waals surface area contributed by atoms with Gasteiger partial charge in [-0.25, -0.2) is 0 Å². The molecular weight excluding hydrogens is 402 g/mol. The summed E-state index contributed by atoms with van der Waals surface area (Å²) in [5, 5.41) is 27.6. The molecule has 30 heavy (non-hydrogen) atoms. The summed E-state index contributed by atoms with van der Waals surface area (Å²) in [6, 6.07) is -1.01. The van der Waals surface area contributed by atoms with Crippen molar-refractivity contribution in [2.75, 3.05) is 5.75 Å². The molecule has 3 unspecified atom stereocenters. The van der Waals surface area contributed by atoms with Crippen LogP contribution in [-0.2, 0) is 9.59 Å². The number of hydrogen-bond donors (Lipinski definition) is 4. The maximum atomic E-state index is 10.9. The molecule has 0 saturated heterocycles. The minimum absolute atomic E-state index is 0.0131. The standard InChI is InChI=1S/C23H35NO5S/c1-2-3-4-5-6-7-8-9-10-11-12-13-16-21(30-18-19(24)23(28)29)20(25)15-14-17-22(26)27/h3-4,6-7,9-13,16,19-21,25H,2,5,8,14-15,17-18,24H2,1H3,(H,26,27)(H,28,29). The second-order valence-electron chi connectivity index (χ2n) is 6.62. The predicted octanol–water partition coefficient (Wildman–Crippen LogP) is 4.09. The van der Waals surface area contributed by atoms with Gasteiger partial charge in [-0.1, -0.05) is 67.7 Å². The third kappa shape index (κ3) is 16.8. The van der Waals surface area contributed by atoms with Crippen LogP contribution in [0.2, 0.25) is 0 Å². The van der Waals surface area contributed by atoms with E-state index in [0.717, 1.165) is 19.3 Å². The van der Waals surface area contributed by atoms with Gasteiger partial charge in [0.25, 0.3) is 0 Å². The Morgan fingerprint density at radius 2 is 1.60 bits per heavy atom. The fourth-order valence-corrected chi connectivity index (χ4v) is 3.41. The molecular formula is C23H35NO5S. The number of allylic oxidation sites excluding steroid dienone is 9. The van der Waals surface area contributed by atoms with Gasteiger partial charge in [0.2, 0.25) is 0 Å². The zero-order chi connectivity index (χ0) is 22.6. The van der Waals surface area contributed by atoms with E-state index in [9.17, 15) is 14.7 Å². The minimum Gasteiger partial charge on any atom is -0.481 e. The Morgan fingerprint density at radius 3 is 2.23 bits per heavy atom. The molecule has 0 aromatic rings. The van der Waals surface area contributed by atoms with Crippen LogP contribution < -0.4 is 5.73 Å². The zero-order valence-corrected chi connectivity index (χ0v) is 18.4. The molecule has 5 N–H and O–H groups in total. The number of aliphatic hydroxyl groups excluding tert-OH is 1. The van der Waals surface area contributed by atoms with Gasteiger partial charge < -0.3 is 21.1 Å². The molecule has 3 atom stereocenters. The first-order chi connectivity index (χ1) is 14.4. The maximum Gasteiger partial charge on any atom is 0.321 e. The molecule has 0 bridgehead atoms. The molecule has 0 aromatic heterocycles. The molecule has 0 spiro atoms. The lowest BCUT2D eigenvalue weighted by atomic mass is 10.1. The summed E-state index contributed by atoms with van der Waals surface area (Å²) in [6.07, 6.45) is 22.5. The van der Waals surface area contributed by atoms with Gasteiger partial charge in [-0.3, -0.25) is 9.59 Å². The summed E-state index contributed by atoms with van der Waals surface area (Å²) >= 11 is 1.25. The number of rotatable bonds is 17. The van der Waals surface area contributed by atoms with Gasteiger partial charge in [0, 0.05) is 17.4 Å². The van der Waals surface area contributed by atoms with Crippen molar-refractivity contribution in [1.29, 1.82) is 0 Å². The number of aliphatic hydroxyl groups is 1. The molecule has 168 valence electrons. The van der Waals surface area contributed by atoms with Crippen LogP contribution in [0.1, 0.15) is 45.4 Å². The smallest absolute Gasteiger partial charge is 0.321 e. The first-order valence-electron chi connectivity index (χ1n) is 10.2. The Labute approximate surface area is 183 Å². The first kappa shape index (κ1) is 27.9. The summed E-state index contributed by atoms with van der Waals surface area (Å²) in [5.41, 5.74) is 5.54. The monoisotopic (exact) mass is 437 g/mol. The average molecular weight is 438 g/mol. The summed E-state index contributed by atoms with van der Waals surface area (Å²) in [6.45, 7) is 2.11. The molecule has 0 heterocycles. The molecule has 0 amide bonds. The third-order valence-electron chi connectivity index (χ3n) is 3.94. The Bertz CT molecular complexity index is 625. The fourth-order valence-electron chi connectivity index (χ4n) is 2.28. The highest BCUT2D eigenvalue weighted by Crippen LogP contribution is 2.21. The lowest BCUT2D eigenvalue weighted by Crippen LogP contribution is -2.34. The van der Waals surface area contributed by atoms with Crippen LogP contribution in [-0.4, -0.2) is 50.4 Å². The molecule has 0 aliphatic carbocycles. The number of carbonyl (C=O) groups is 2. The summed E-state index contributed by atoms with van der Waals surface area (Å²) in [7, 11) is 0. The van der Waals surface area contributed by atoms with Crippen LogP contribution >= 0.6 is 11.8 Å². The van der Waals surface area contributed by atoms with Gasteiger partial charge in [-0.15, -0.1) is 11.8 Å². The summed E-state index contributed by atoms with van der Waals surface area (Å²) < 4.78 is 0. The molecule has 7 heteroatoms. The van der Waals surface area contributed by atoms with Gasteiger partial charge >= 0.3 is 11.9 Å². The van der Waals surface area contributed by atoms with Crippen molar-refractivity contribution in [3.8, 4) is 0 Å². The number of carboxylic acids is 2. The van der Waals surface area contributed by atoms with Crippen LogP contribution in [0, 0.1) is 0 Å². The highest BCUT2D eigenvalue weighted by atomic mass is 32.2. The molecule has 0 radical (unpaired) electrons. The lowest BCUT2D eigenvalue weighted by Gasteiger charge is -2.20. The lowest BCUT2D eigenvalue weighted by molar-refractivity contribution is -0.138. The largest absolute Gasteiger partial charge is 0.481 e. The fraction of sp³-hybridized carbons (Fsp3) is 0.478. The Morgan fingerprint density at radius 1 is 0.967 bits per heavy atom. The predicted molar refractivity (Wildman–Crippen MR) is 125 cm³/mol. The van der Waals surface area contributed by atoms with E-state index in [1.54, 1.807) is 12.2 Å².